The number of aromatic nitrogens is 2. The van der Waals surface area contributed by atoms with Gasteiger partial charge in [-0.1, -0.05) is 0 Å². The summed E-state index contributed by atoms with van der Waals surface area (Å²) in [6.07, 6.45) is 6.66. The highest BCUT2D eigenvalue weighted by molar-refractivity contribution is 5.09. The summed E-state index contributed by atoms with van der Waals surface area (Å²) in [4.78, 5) is 9.33. The van der Waals surface area contributed by atoms with Gasteiger partial charge < -0.3 is 14.8 Å². The van der Waals surface area contributed by atoms with Crippen molar-refractivity contribution in [3.8, 4) is 0 Å². The van der Waals surface area contributed by atoms with Gasteiger partial charge >= 0.3 is 0 Å². The number of hydrogen-bond acceptors (Lipinski definition) is 4. The fraction of sp³-hybridized carbons (Fsp3) is 0.800. The van der Waals surface area contributed by atoms with E-state index in [4.69, 9.17) is 0 Å². The van der Waals surface area contributed by atoms with Gasteiger partial charge in [0.1, 0.15) is 0 Å². The predicted molar refractivity (Wildman–Crippen MR) is 81.0 cm³/mol. The van der Waals surface area contributed by atoms with Gasteiger partial charge in [-0.05, 0) is 33.5 Å². The number of hydrogen-bond donors (Lipinski definition) is 1. The maximum absolute atomic E-state index is 4.41. The molecule has 1 aromatic heterocycles. The van der Waals surface area contributed by atoms with Gasteiger partial charge in [-0.3, -0.25) is 4.90 Å². The summed E-state index contributed by atoms with van der Waals surface area (Å²) < 4.78 is 2.39. The molecule has 2 unspecified atom stereocenters. The van der Waals surface area contributed by atoms with Crippen molar-refractivity contribution in [2.75, 3.05) is 46.8 Å². The Kier molecular flexibility index (Phi) is 4.38. The van der Waals surface area contributed by atoms with Gasteiger partial charge in [-0.2, -0.15) is 0 Å². The number of rotatable bonds is 3. The van der Waals surface area contributed by atoms with Crippen LogP contribution in [0.2, 0.25) is 0 Å². The van der Waals surface area contributed by atoms with E-state index in [1.165, 1.54) is 31.6 Å². The van der Waals surface area contributed by atoms with E-state index in [0.29, 0.717) is 12.0 Å². The van der Waals surface area contributed by atoms with Crippen molar-refractivity contribution in [2.45, 2.75) is 31.3 Å². The quantitative estimate of drug-likeness (QED) is 0.877. The number of nitrogens with zero attached hydrogens (tertiary/aromatic N) is 4. The second kappa shape index (κ2) is 6.24. The summed E-state index contributed by atoms with van der Waals surface area (Å²) >= 11 is 0. The number of imidazole rings is 1. The van der Waals surface area contributed by atoms with Crippen molar-refractivity contribution >= 4 is 0 Å². The van der Waals surface area contributed by atoms with E-state index in [9.17, 15) is 0 Å². The van der Waals surface area contributed by atoms with Crippen molar-refractivity contribution in [1.82, 2.24) is 24.7 Å². The van der Waals surface area contributed by atoms with Gasteiger partial charge in [0.25, 0.3) is 0 Å². The molecular formula is C15H27N5. The van der Waals surface area contributed by atoms with Crippen LogP contribution in [0.4, 0.5) is 0 Å². The van der Waals surface area contributed by atoms with E-state index in [1.54, 1.807) is 0 Å². The molecule has 1 aromatic rings. The summed E-state index contributed by atoms with van der Waals surface area (Å²) in [5.41, 5.74) is 1.42. The molecule has 3 heterocycles. The van der Waals surface area contributed by atoms with Crippen molar-refractivity contribution in [3.63, 3.8) is 0 Å². The van der Waals surface area contributed by atoms with E-state index in [1.807, 2.05) is 6.33 Å². The lowest BCUT2D eigenvalue weighted by Gasteiger charge is -2.38. The van der Waals surface area contributed by atoms with Gasteiger partial charge in [0.05, 0.1) is 6.33 Å². The van der Waals surface area contributed by atoms with E-state index >= 15 is 0 Å². The first kappa shape index (κ1) is 14.0. The third kappa shape index (κ3) is 3.05. The Hall–Kier alpha value is -0.910. The Morgan fingerprint density at radius 3 is 3.05 bits per heavy atom. The normalized spacial score (nSPS) is 29.7. The van der Waals surface area contributed by atoms with E-state index in [0.717, 1.165) is 26.2 Å². The fourth-order valence-electron chi connectivity index (χ4n) is 3.45. The van der Waals surface area contributed by atoms with Gasteiger partial charge in [0, 0.05) is 56.6 Å². The van der Waals surface area contributed by atoms with Crippen LogP contribution in [-0.4, -0.2) is 72.2 Å². The Balaban J connectivity index is 1.69. The smallest absolute Gasteiger partial charge is 0.0948 e. The number of likely N-dealkylation sites (N-methyl/N-ethyl adjacent to an activating group) is 2. The highest BCUT2D eigenvalue weighted by Gasteiger charge is 2.25. The van der Waals surface area contributed by atoms with Gasteiger partial charge in [0.2, 0.25) is 0 Å². The molecule has 0 aromatic carbocycles. The van der Waals surface area contributed by atoms with E-state index in [2.05, 4.69) is 45.0 Å². The summed E-state index contributed by atoms with van der Waals surface area (Å²) in [5.74, 6) is 0.637. The first-order valence-electron chi connectivity index (χ1n) is 7.83. The molecule has 0 radical (unpaired) electrons. The van der Waals surface area contributed by atoms with Gasteiger partial charge in [0.15, 0.2) is 0 Å². The molecule has 5 heteroatoms. The van der Waals surface area contributed by atoms with Gasteiger partial charge in [-0.15, -0.1) is 0 Å². The van der Waals surface area contributed by atoms with Crippen LogP contribution in [0.1, 0.15) is 24.5 Å². The zero-order valence-electron chi connectivity index (χ0n) is 12.8. The maximum atomic E-state index is 4.41. The highest BCUT2D eigenvalue weighted by atomic mass is 15.3. The minimum atomic E-state index is 0.596. The largest absolute Gasteiger partial charge is 0.333 e. The molecule has 112 valence electrons. The summed E-state index contributed by atoms with van der Waals surface area (Å²) in [5, 5.41) is 3.51. The van der Waals surface area contributed by atoms with Crippen LogP contribution < -0.4 is 5.32 Å². The molecule has 3 rings (SSSR count). The summed E-state index contributed by atoms with van der Waals surface area (Å²) in [6, 6.07) is 0.596. The third-order valence-electron chi connectivity index (χ3n) is 4.85. The predicted octanol–water partition coefficient (Wildman–Crippen LogP) is 0.596. The Bertz CT molecular complexity index is 424. The fourth-order valence-corrected chi connectivity index (χ4v) is 3.45. The van der Waals surface area contributed by atoms with Crippen molar-refractivity contribution < 1.29 is 0 Å². The van der Waals surface area contributed by atoms with Crippen LogP contribution in [0.25, 0.3) is 0 Å². The van der Waals surface area contributed by atoms with Crippen LogP contribution in [-0.2, 0) is 6.54 Å². The summed E-state index contributed by atoms with van der Waals surface area (Å²) in [6.45, 7) is 6.82. The average Bonchev–Trinajstić information content (AvgIpc) is 2.92. The lowest BCUT2D eigenvalue weighted by molar-refractivity contribution is 0.102. The Labute approximate surface area is 122 Å². The van der Waals surface area contributed by atoms with Crippen molar-refractivity contribution in [2.24, 2.45) is 0 Å². The van der Waals surface area contributed by atoms with Gasteiger partial charge in [-0.25, -0.2) is 4.98 Å². The first-order chi connectivity index (χ1) is 9.74. The van der Waals surface area contributed by atoms with E-state index in [-0.39, 0.29) is 0 Å². The molecule has 0 spiro atoms. The monoisotopic (exact) mass is 277 g/mol. The third-order valence-corrected chi connectivity index (χ3v) is 4.85. The van der Waals surface area contributed by atoms with Crippen LogP contribution in [0.3, 0.4) is 0 Å². The number of nitrogens with one attached hydrogen (secondary N) is 1. The maximum Gasteiger partial charge on any atom is 0.0948 e. The molecule has 0 saturated carbocycles. The minimum absolute atomic E-state index is 0.596. The molecular weight excluding hydrogens is 250 g/mol. The molecule has 0 aliphatic carbocycles. The standard InChI is InChI=1S/C15H27N5/c1-18-6-7-19(2)14(10-18)11-20-12-17-9-15(20)13-4-3-5-16-8-13/h9,12-14,16H,3-8,10-11H2,1-2H3. The molecule has 2 aliphatic heterocycles. The SMILES string of the molecule is CN1CCN(C)C(Cn2cncc2C2CCCNC2)C1. The second-order valence-electron chi connectivity index (χ2n) is 6.41. The lowest BCUT2D eigenvalue weighted by Crippen LogP contribution is -2.51. The zero-order valence-corrected chi connectivity index (χ0v) is 12.8. The molecule has 20 heavy (non-hydrogen) atoms. The topological polar surface area (TPSA) is 36.3 Å². The molecule has 0 amide bonds. The van der Waals surface area contributed by atoms with E-state index < -0.39 is 0 Å². The summed E-state index contributed by atoms with van der Waals surface area (Å²) in [7, 11) is 4.47. The Morgan fingerprint density at radius 2 is 2.25 bits per heavy atom. The lowest BCUT2D eigenvalue weighted by atomic mass is 9.96. The molecule has 2 aliphatic rings. The van der Waals surface area contributed by atoms with Crippen LogP contribution in [0, 0.1) is 0 Å². The Morgan fingerprint density at radius 1 is 1.35 bits per heavy atom. The van der Waals surface area contributed by atoms with Crippen LogP contribution in [0.5, 0.6) is 0 Å². The van der Waals surface area contributed by atoms with Crippen LogP contribution >= 0.6 is 0 Å². The number of piperidine rings is 1. The molecule has 1 N–H and O–H groups in total. The average molecular weight is 277 g/mol. The second-order valence-corrected chi connectivity index (χ2v) is 6.41. The molecule has 2 saturated heterocycles. The first-order valence-corrected chi connectivity index (χ1v) is 7.83. The molecule has 2 fully saturated rings. The van der Waals surface area contributed by atoms with Crippen molar-refractivity contribution in [3.05, 3.63) is 18.2 Å². The van der Waals surface area contributed by atoms with Crippen LogP contribution in [0.15, 0.2) is 12.5 Å². The minimum Gasteiger partial charge on any atom is -0.333 e. The molecule has 2 atom stereocenters. The van der Waals surface area contributed by atoms with Crippen molar-refractivity contribution in [1.29, 1.82) is 0 Å². The zero-order chi connectivity index (χ0) is 13.9. The molecule has 0 bridgehead atoms. The highest BCUT2D eigenvalue weighted by Crippen LogP contribution is 2.23. The molecule has 5 nitrogen and oxygen atoms in total. The number of piperazine rings is 1.